The van der Waals surface area contributed by atoms with Gasteiger partial charge in [-0.25, -0.2) is 9.13 Å². The van der Waals surface area contributed by atoms with E-state index in [4.69, 9.17) is 37.0 Å². The lowest BCUT2D eigenvalue weighted by molar-refractivity contribution is -0.161. The second-order valence-electron chi connectivity index (χ2n) is 28.0. The molecule has 0 aliphatic heterocycles. The maximum atomic E-state index is 13.1. The lowest BCUT2D eigenvalue weighted by atomic mass is 10.0. The SMILES string of the molecule is CCCCCCCCCCCCCCCC(=O)O[C@H](COC(=O)CCCCCCCCCC)COP(=O)(O)OC[C@H](O)COP(=O)(O)OC[C@@H](COC(=O)CCCCCCCCCCCCCC(C)C)OC(=O)CCCCCCCCCCCCCCCCCCC(C)C. The first-order chi connectivity index (χ1) is 45.4. The largest absolute Gasteiger partial charge is 0.472 e. The Morgan fingerprint density at radius 1 is 0.287 bits per heavy atom. The molecule has 19 heteroatoms. The fourth-order valence-corrected chi connectivity index (χ4v) is 13.1. The highest BCUT2D eigenvalue weighted by molar-refractivity contribution is 7.47. The molecule has 2 unspecified atom stereocenters. The molecule has 0 aliphatic carbocycles. The van der Waals surface area contributed by atoms with Gasteiger partial charge in [0.25, 0.3) is 0 Å². The number of hydrogen-bond acceptors (Lipinski definition) is 15. The summed E-state index contributed by atoms with van der Waals surface area (Å²) in [6.07, 6.45) is 54.1. The van der Waals surface area contributed by atoms with Crippen LogP contribution in [-0.4, -0.2) is 96.7 Å². The number of aliphatic hydroxyl groups excluding tert-OH is 1. The van der Waals surface area contributed by atoms with Gasteiger partial charge in [-0.05, 0) is 37.5 Å². The van der Waals surface area contributed by atoms with Gasteiger partial charge in [-0.15, -0.1) is 0 Å². The predicted molar refractivity (Wildman–Crippen MR) is 381 cm³/mol. The number of phosphoric acid groups is 2. The Hall–Kier alpha value is -1.94. The first-order valence-electron chi connectivity index (χ1n) is 39.0. The minimum atomic E-state index is -4.96. The van der Waals surface area contributed by atoms with E-state index in [0.29, 0.717) is 25.7 Å². The van der Waals surface area contributed by atoms with Gasteiger partial charge < -0.3 is 33.8 Å². The Balaban J connectivity index is 5.21. The van der Waals surface area contributed by atoms with E-state index >= 15 is 0 Å². The Kier molecular flexibility index (Phi) is 65.5. The van der Waals surface area contributed by atoms with Crippen molar-refractivity contribution in [1.82, 2.24) is 0 Å². The van der Waals surface area contributed by atoms with Gasteiger partial charge in [0.05, 0.1) is 26.4 Å². The van der Waals surface area contributed by atoms with Crippen molar-refractivity contribution in [2.75, 3.05) is 39.6 Å². The molecule has 0 aromatic rings. The molecular weight excluding hydrogens is 1230 g/mol. The van der Waals surface area contributed by atoms with Crippen molar-refractivity contribution in [3.8, 4) is 0 Å². The molecular formula is C75H146O17P2. The molecule has 0 aromatic heterocycles. The van der Waals surface area contributed by atoms with Crippen molar-refractivity contribution < 1.29 is 80.2 Å². The minimum Gasteiger partial charge on any atom is -0.462 e. The minimum absolute atomic E-state index is 0.107. The van der Waals surface area contributed by atoms with Gasteiger partial charge in [-0.1, -0.05) is 337 Å². The highest BCUT2D eigenvalue weighted by Gasteiger charge is 2.30. The van der Waals surface area contributed by atoms with E-state index in [1.807, 2.05) is 0 Å². The normalized spacial score (nSPS) is 14.0. The number of esters is 4. The van der Waals surface area contributed by atoms with E-state index in [9.17, 15) is 43.2 Å². The number of carbonyl (C=O) groups is 4. The molecule has 0 aromatic carbocycles. The fraction of sp³-hybridized carbons (Fsp3) is 0.947. The summed E-state index contributed by atoms with van der Waals surface area (Å²) in [6.45, 7) is 9.60. The number of ether oxygens (including phenoxy) is 4. The molecule has 5 atom stereocenters. The Labute approximate surface area is 575 Å². The Morgan fingerprint density at radius 2 is 0.489 bits per heavy atom. The summed E-state index contributed by atoms with van der Waals surface area (Å²) in [5.74, 6) is -0.538. The number of carbonyl (C=O) groups excluding carboxylic acids is 4. The second kappa shape index (κ2) is 66.9. The topological polar surface area (TPSA) is 237 Å². The summed E-state index contributed by atoms with van der Waals surface area (Å²) in [4.78, 5) is 72.7. The van der Waals surface area contributed by atoms with Crippen LogP contribution in [-0.2, 0) is 65.4 Å². The number of rotatable bonds is 74. The fourth-order valence-electron chi connectivity index (χ4n) is 11.5. The molecule has 17 nitrogen and oxygen atoms in total. The molecule has 0 saturated heterocycles. The predicted octanol–water partition coefficient (Wildman–Crippen LogP) is 21.9. The van der Waals surface area contributed by atoms with Crippen LogP contribution in [0.3, 0.4) is 0 Å². The standard InChI is InChI=1S/C75H146O17P2/c1-7-9-11-13-15-17-18-23-29-35-41-47-53-59-74(79)91-70(63-85-72(77)57-51-45-39-16-14-12-10-8-2)65-89-93(81,82)87-61-69(76)62-88-94(83,84)90-66-71(64-86-73(78)58-52-46-40-34-31-26-28-33-38-44-50-56-68(5)6)92-75(80)60-54-48-42-36-30-25-22-20-19-21-24-27-32-37-43-49-55-67(3)4/h67-71,76H,7-66H2,1-6H3,(H,81,82)(H,83,84)/t69-,70+,71+/m0/s1. The van der Waals surface area contributed by atoms with Crippen molar-refractivity contribution in [3.63, 3.8) is 0 Å². The van der Waals surface area contributed by atoms with E-state index in [0.717, 1.165) is 108 Å². The lowest BCUT2D eigenvalue weighted by Gasteiger charge is -2.21. The van der Waals surface area contributed by atoms with E-state index in [-0.39, 0.29) is 25.7 Å². The van der Waals surface area contributed by atoms with Crippen molar-refractivity contribution in [2.45, 2.75) is 407 Å². The molecule has 0 rings (SSSR count). The van der Waals surface area contributed by atoms with Crippen LogP contribution in [0.2, 0.25) is 0 Å². The van der Waals surface area contributed by atoms with Gasteiger partial charge in [0.2, 0.25) is 0 Å². The first kappa shape index (κ1) is 92.1. The summed E-state index contributed by atoms with van der Waals surface area (Å²) in [5.41, 5.74) is 0. The Morgan fingerprint density at radius 3 is 0.723 bits per heavy atom. The monoisotopic (exact) mass is 1380 g/mol. The van der Waals surface area contributed by atoms with Crippen LogP contribution < -0.4 is 0 Å². The molecule has 0 heterocycles. The van der Waals surface area contributed by atoms with E-state index in [1.165, 1.54) is 199 Å². The van der Waals surface area contributed by atoms with Crippen LogP contribution in [0.25, 0.3) is 0 Å². The van der Waals surface area contributed by atoms with Gasteiger partial charge in [0.1, 0.15) is 19.3 Å². The van der Waals surface area contributed by atoms with Gasteiger partial charge in [0, 0.05) is 25.7 Å². The number of unbranched alkanes of at least 4 members (excludes halogenated alkanes) is 44. The van der Waals surface area contributed by atoms with Crippen molar-refractivity contribution in [3.05, 3.63) is 0 Å². The van der Waals surface area contributed by atoms with Gasteiger partial charge in [-0.2, -0.15) is 0 Å². The number of hydrogen-bond donors (Lipinski definition) is 3. The summed E-state index contributed by atoms with van der Waals surface area (Å²) in [5, 5.41) is 10.6. The zero-order valence-electron chi connectivity index (χ0n) is 61.3. The average molecular weight is 1380 g/mol. The average Bonchev–Trinajstić information content (AvgIpc) is 3.10. The molecule has 0 spiro atoms. The summed E-state index contributed by atoms with van der Waals surface area (Å²) >= 11 is 0. The quantitative estimate of drug-likeness (QED) is 0.0222. The van der Waals surface area contributed by atoms with E-state index in [1.54, 1.807) is 0 Å². The summed E-state index contributed by atoms with van der Waals surface area (Å²) in [6, 6.07) is 0. The third-order valence-electron chi connectivity index (χ3n) is 17.5. The molecule has 0 radical (unpaired) electrons. The third-order valence-corrected chi connectivity index (χ3v) is 19.4. The zero-order valence-corrected chi connectivity index (χ0v) is 63.1. The lowest BCUT2D eigenvalue weighted by Crippen LogP contribution is -2.30. The number of phosphoric ester groups is 2. The van der Waals surface area contributed by atoms with Gasteiger partial charge in [-0.3, -0.25) is 37.3 Å². The van der Waals surface area contributed by atoms with Crippen LogP contribution in [0.1, 0.15) is 388 Å². The molecule has 0 aliphatic rings. The van der Waals surface area contributed by atoms with Crippen LogP contribution in [0.5, 0.6) is 0 Å². The maximum Gasteiger partial charge on any atom is 0.472 e. The first-order valence-corrected chi connectivity index (χ1v) is 42.0. The van der Waals surface area contributed by atoms with Crippen LogP contribution >= 0.6 is 15.6 Å². The molecule has 0 saturated carbocycles. The summed E-state index contributed by atoms with van der Waals surface area (Å²) in [7, 11) is -9.91. The van der Waals surface area contributed by atoms with E-state index in [2.05, 4.69) is 41.5 Å². The summed E-state index contributed by atoms with van der Waals surface area (Å²) < 4.78 is 68.4. The van der Waals surface area contributed by atoms with Crippen molar-refractivity contribution in [2.24, 2.45) is 11.8 Å². The molecule has 94 heavy (non-hydrogen) atoms. The smallest absolute Gasteiger partial charge is 0.462 e. The van der Waals surface area contributed by atoms with Crippen LogP contribution in [0.4, 0.5) is 0 Å². The van der Waals surface area contributed by atoms with Crippen molar-refractivity contribution >= 4 is 39.5 Å². The highest BCUT2D eigenvalue weighted by atomic mass is 31.2. The Bertz CT molecular complexity index is 1820. The van der Waals surface area contributed by atoms with Crippen LogP contribution in [0, 0.1) is 11.8 Å². The van der Waals surface area contributed by atoms with E-state index < -0.39 is 97.5 Å². The molecule has 0 fully saturated rings. The molecule has 0 amide bonds. The molecule has 3 N–H and O–H groups in total. The van der Waals surface area contributed by atoms with Gasteiger partial charge in [0.15, 0.2) is 12.2 Å². The van der Waals surface area contributed by atoms with Gasteiger partial charge >= 0.3 is 39.5 Å². The zero-order chi connectivity index (χ0) is 69.3. The third kappa shape index (κ3) is 68.6. The maximum absolute atomic E-state index is 13.1. The molecule has 558 valence electrons. The highest BCUT2D eigenvalue weighted by Crippen LogP contribution is 2.45. The van der Waals surface area contributed by atoms with Crippen LogP contribution in [0.15, 0.2) is 0 Å². The second-order valence-corrected chi connectivity index (χ2v) is 30.9. The van der Waals surface area contributed by atoms with Crippen molar-refractivity contribution in [1.29, 1.82) is 0 Å². The molecule has 0 bridgehead atoms. The number of aliphatic hydroxyl groups is 1.